The number of nitrogens with zero attached hydrogens (tertiary/aromatic N) is 1. The van der Waals surface area contributed by atoms with Crippen LogP contribution in [0.3, 0.4) is 0 Å². The highest BCUT2D eigenvalue weighted by Crippen LogP contribution is 2.27. The zero-order valence-corrected chi connectivity index (χ0v) is 16.5. The molecule has 0 aliphatic heterocycles. The van der Waals surface area contributed by atoms with E-state index in [1.165, 1.54) is 24.5 Å². The van der Waals surface area contributed by atoms with Gasteiger partial charge in [-0.05, 0) is 35.9 Å². The van der Waals surface area contributed by atoms with Crippen LogP contribution in [0, 0.1) is 0 Å². The van der Waals surface area contributed by atoms with Crippen LogP contribution in [0.15, 0.2) is 48.7 Å². The van der Waals surface area contributed by atoms with Crippen molar-refractivity contribution < 1.29 is 19.1 Å². The van der Waals surface area contributed by atoms with Gasteiger partial charge < -0.3 is 9.47 Å². The number of halogens is 1. The van der Waals surface area contributed by atoms with Crippen LogP contribution in [0.5, 0.6) is 11.5 Å². The molecule has 28 heavy (non-hydrogen) atoms. The first-order valence-corrected chi connectivity index (χ1v) is 9.52. The molecule has 1 amide bonds. The Kier molecular flexibility index (Phi) is 6.62. The normalized spacial score (nSPS) is 10.4. The molecule has 2 aromatic carbocycles. The first-order valence-electron chi connectivity index (χ1n) is 8.32. The van der Waals surface area contributed by atoms with Crippen molar-refractivity contribution in [3.63, 3.8) is 0 Å². The van der Waals surface area contributed by atoms with Gasteiger partial charge in [-0.3, -0.25) is 14.9 Å². The molecule has 8 heteroatoms. The van der Waals surface area contributed by atoms with Gasteiger partial charge in [-0.1, -0.05) is 23.7 Å². The molecular weight excluding hydrogens is 400 g/mol. The maximum absolute atomic E-state index is 12.2. The number of hydrogen-bond acceptors (Lipinski definition) is 6. The fraction of sp³-hybridized carbons (Fsp3) is 0.150. The smallest absolute Gasteiger partial charge is 0.264 e. The molecule has 144 valence electrons. The number of anilines is 1. The number of benzene rings is 2. The standard InChI is InChI=1S/C20H17ClN2O4S/c1-26-17-7-4-14(11-24)9-18(17)27-12-19(25)23-20-22-10-16(28-20)8-13-2-5-15(21)6-3-13/h2-7,9-11H,8,12H2,1H3,(H,22,23,25). The largest absolute Gasteiger partial charge is 0.493 e. The van der Waals surface area contributed by atoms with Crippen LogP contribution in [0.2, 0.25) is 5.02 Å². The quantitative estimate of drug-likeness (QED) is 0.556. The van der Waals surface area contributed by atoms with Gasteiger partial charge in [0.2, 0.25) is 0 Å². The van der Waals surface area contributed by atoms with E-state index in [1.807, 2.05) is 24.3 Å². The summed E-state index contributed by atoms with van der Waals surface area (Å²) in [7, 11) is 1.49. The van der Waals surface area contributed by atoms with Crippen molar-refractivity contribution in [2.45, 2.75) is 6.42 Å². The molecule has 3 rings (SSSR count). The summed E-state index contributed by atoms with van der Waals surface area (Å²) in [5.74, 6) is 0.411. The summed E-state index contributed by atoms with van der Waals surface area (Å²) in [6, 6.07) is 12.3. The fourth-order valence-corrected chi connectivity index (χ4v) is 3.42. The van der Waals surface area contributed by atoms with Crippen molar-refractivity contribution >= 4 is 40.3 Å². The highest BCUT2D eigenvalue weighted by Gasteiger charge is 2.11. The van der Waals surface area contributed by atoms with Gasteiger partial charge in [0, 0.05) is 28.1 Å². The molecule has 0 saturated heterocycles. The molecule has 0 radical (unpaired) electrons. The number of rotatable bonds is 8. The Labute approximate surface area is 171 Å². The maximum atomic E-state index is 12.2. The molecular formula is C20H17ClN2O4S. The number of hydrogen-bond donors (Lipinski definition) is 1. The third-order valence-electron chi connectivity index (χ3n) is 3.77. The van der Waals surface area contributed by atoms with Crippen molar-refractivity contribution in [1.82, 2.24) is 4.98 Å². The van der Waals surface area contributed by atoms with E-state index in [1.54, 1.807) is 18.3 Å². The molecule has 0 saturated carbocycles. The van der Waals surface area contributed by atoms with Gasteiger partial charge in [0.25, 0.3) is 5.91 Å². The number of amides is 1. The summed E-state index contributed by atoms with van der Waals surface area (Å²) in [6.45, 7) is -0.231. The molecule has 0 unspecified atom stereocenters. The Morgan fingerprint density at radius 3 is 2.71 bits per heavy atom. The average Bonchev–Trinajstić information content (AvgIpc) is 3.14. The Morgan fingerprint density at radius 1 is 1.21 bits per heavy atom. The lowest BCUT2D eigenvalue weighted by Crippen LogP contribution is -2.20. The number of aromatic nitrogens is 1. The zero-order chi connectivity index (χ0) is 19.9. The van der Waals surface area contributed by atoms with Crippen LogP contribution in [0.4, 0.5) is 5.13 Å². The van der Waals surface area contributed by atoms with E-state index >= 15 is 0 Å². The topological polar surface area (TPSA) is 77.5 Å². The molecule has 3 aromatic rings. The molecule has 1 heterocycles. The first-order chi connectivity index (χ1) is 13.6. The lowest BCUT2D eigenvalue weighted by molar-refractivity contribution is -0.118. The monoisotopic (exact) mass is 416 g/mol. The average molecular weight is 417 g/mol. The summed E-state index contributed by atoms with van der Waals surface area (Å²) in [6.07, 6.45) is 3.13. The summed E-state index contributed by atoms with van der Waals surface area (Å²) in [4.78, 5) is 28.3. The van der Waals surface area contributed by atoms with E-state index in [9.17, 15) is 9.59 Å². The highest BCUT2D eigenvalue weighted by atomic mass is 35.5. The molecule has 1 N–H and O–H groups in total. The van der Waals surface area contributed by atoms with Crippen LogP contribution in [-0.4, -0.2) is 30.9 Å². The summed E-state index contributed by atoms with van der Waals surface area (Å²) < 4.78 is 10.7. The van der Waals surface area contributed by atoms with Crippen molar-refractivity contribution in [1.29, 1.82) is 0 Å². The maximum Gasteiger partial charge on any atom is 0.264 e. The Balaban J connectivity index is 1.56. The molecule has 0 spiro atoms. The van der Waals surface area contributed by atoms with Crippen LogP contribution < -0.4 is 14.8 Å². The Bertz CT molecular complexity index is 973. The summed E-state index contributed by atoms with van der Waals surface area (Å²) in [5.41, 5.74) is 1.54. The number of thiazole rings is 1. The zero-order valence-electron chi connectivity index (χ0n) is 15.0. The minimum absolute atomic E-state index is 0.231. The molecule has 1 aromatic heterocycles. The van der Waals surface area contributed by atoms with E-state index in [0.29, 0.717) is 39.9 Å². The predicted molar refractivity (Wildman–Crippen MR) is 109 cm³/mol. The van der Waals surface area contributed by atoms with Crippen LogP contribution in [-0.2, 0) is 11.2 Å². The summed E-state index contributed by atoms with van der Waals surface area (Å²) in [5, 5.41) is 3.89. The lowest BCUT2D eigenvalue weighted by atomic mass is 10.1. The minimum atomic E-state index is -0.356. The van der Waals surface area contributed by atoms with Gasteiger partial charge in [0.15, 0.2) is 23.2 Å². The second kappa shape index (κ2) is 9.34. The van der Waals surface area contributed by atoms with E-state index in [0.717, 1.165) is 10.4 Å². The molecule has 0 aliphatic rings. The van der Waals surface area contributed by atoms with Crippen LogP contribution in [0.1, 0.15) is 20.8 Å². The SMILES string of the molecule is COc1ccc(C=O)cc1OCC(=O)Nc1ncc(Cc2ccc(Cl)cc2)s1. The van der Waals surface area contributed by atoms with Gasteiger partial charge in [0.1, 0.15) is 6.29 Å². The Morgan fingerprint density at radius 2 is 2.00 bits per heavy atom. The van der Waals surface area contributed by atoms with E-state index in [-0.39, 0.29) is 12.5 Å². The van der Waals surface area contributed by atoms with Crippen molar-refractivity contribution in [2.24, 2.45) is 0 Å². The number of carbonyl (C=O) groups excluding carboxylic acids is 2. The first kappa shape index (κ1) is 19.9. The molecule has 0 aliphatic carbocycles. The van der Waals surface area contributed by atoms with Gasteiger partial charge in [-0.2, -0.15) is 0 Å². The van der Waals surface area contributed by atoms with Crippen LogP contribution >= 0.6 is 22.9 Å². The minimum Gasteiger partial charge on any atom is -0.493 e. The van der Waals surface area contributed by atoms with E-state index in [4.69, 9.17) is 21.1 Å². The number of aldehydes is 1. The van der Waals surface area contributed by atoms with E-state index in [2.05, 4.69) is 10.3 Å². The molecule has 0 bridgehead atoms. The lowest BCUT2D eigenvalue weighted by Gasteiger charge is -2.10. The number of ether oxygens (including phenoxy) is 2. The van der Waals surface area contributed by atoms with Gasteiger partial charge >= 0.3 is 0 Å². The second-order valence-electron chi connectivity index (χ2n) is 5.80. The van der Waals surface area contributed by atoms with E-state index < -0.39 is 0 Å². The summed E-state index contributed by atoms with van der Waals surface area (Å²) >= 11 is 7.28. The number of carbonyl (C=O) groups is 2. The third kappa shape index (κ3) is 5.31. The number of methoxy groups -OCH3 is 1. The van der Waals surface area contributed by atoms with Crippen molar-refractivity contribution in [2.75, 3.05) is 19.0 Å². The third-order valence-corrected chi connectivity index (χ3v) is 4.94. The molecule has 6 nitrogen and oxygen atoms in total. The Hall–Kier alpha value is -2.90. The van der Waals surface area contributed by atoms with Crippen molar-refractivity contribution in [3.8, 4) is 11.5 Å². The molecule has 0 atom stereocenters. The second-order valence-corrected chi connectivity index (χ2v) is 7.35. The highest BCUT2D eigenvalue weighted by molar-refractivity contribution is 7.15. The predicted octanol–water partition coefficient (Wildman–Crippen LogP) is 4.23. The van der Waals surface area contributed by atoms with Crippen molar-refractivity contribution in [3.05, 3.63) is 69.7 Å². The van der Waals surface area contributed by atoms with Gasteiger partial charge in [0.05, 0.1) is 7.11 Å². The number of nitrogens with one attached hydrogen (secondary N) is 1. The fourth-order valence-electron chi connectivity index (χ4n) is 2.43. The van der Waals surface area contributed by atoms with Crippen LogP contribution in [0.25, 0.3) is 0 Å². The van der Waals surface area contributed by atoms with Gasteiger partial charge in [-0.25, -0.2) is 4.98 Å². The molecule has 0 fully saturated rings. The van der Waals surface area contributed by atoms with Gasteiger partial charge in [-0.15, -0.1) is 11.3 Å².